The van der Waals surface area contributed by atoms with E-state index in [1.165, 1.54) is 50.3 Å². The van der Waals surface area contributed by atoms with Crippen LogP contribution < -0.4 is 5.32 Å². The van der Waals surface area contributed by atoms with Crippen LogP contribution in [0.2, 0.25) is 0 Å². The first-order valence-electron chi connectivity index (χ1n) is 5.68. The molecular formula is C11H21N3. The van der Waals surface area contributed by atoms with Gasteiger partial charge in [0.1, 0.15) is 5.82 Å². The van der Waals surface area contributed by atoms with E-state index in [4.69, 9.17) is 0 Å². The van der Waals surface area contributed by atoms with Gasteiger partial charge in [0, 0.05) is 33.7 Å². The molecule has 14 heavy (non-hydrogen) atoms. The van der Waals surface area contributed by atoms with Gasteiger partial charge in [-0.15, -0.1) is 0 Å². The standard InChI is InChI=1S/C11H21N3/c1-13(2)10-6-3-4-8-14-9-5-7-12-11(10)14/h12H,3-9H2,1-2H3. The molecule has 0 amide bonds. The molecule has 1 saturated heterocycles. The van der Waals surface area contributed by atoms with E-state index in [0.29, 0.717) is 0 Å². The van der Waals surface area contributed by atoms with Gasteiger partial charge in [-0.25, -0.2) is 0 Å². The van der Waals surface area contributed by atoms with Gasteiger partial charge in [-0.3, -0.25) is 0 Å². The van der Waals surface area contributed by atoms with Crippen molar-refractivity contribution < 1.29 is 0 Å². The van der Waals surface area contributed by atoms with E-state index in [9.17, 15) is 0 Å². The second-order valence-electron chi connectivity index (χ2n) is 4.41. The molecule has 0 aromatic heterocycles. The smallest absolute Gasteiger partial charge is 0.121 e. The SMILES string of the molecule is CN(C)C1=C2NCCCN2CCCC1. The first-order chi connectivity index (χ1) is 6.79. The van der Waals surface area contributed by atoms with Crippen molar-refractivity contribution >= 4 is 0 Å². The lowest BCUT2D eigenvalue weighted by Crippen LogP contribution is -2.41. The van der Waals surface area contributed by atoms with Crippen molar-refractivity contribution in [2.24, 2.45) is 0 Å². The van der Waals surface area contributed by atoms with Gasteiger partial charge in [0.2, 0.25) is 0 Å². The van der Waals surface area contributed by atoms with Crippen LogP contribution in [0.4, 0.5) is 0 Å². The van der Waals surface area contributed by atoms with E-state index in [-0.39, 0.29) is 0 Å². The fraction of sp³-hybridized carbons (Fsp3) is 0.818. The number of fused-ring (bicyclic) bond motifs is 1. The Bertz CT molecular complexity index is 233. The highest BCUT2D eigenvalue weighted by Crippen LogP contribution is 2.23. The number of allylic oxidation sites excluding steroid dienone is 1. The molecule has 0 bridgehead atoms. The van der Waals surface area contributed by atoms with Gasteiger partial charge in [0.05, 0.1) is 5.70 Å². The van der Waals surface area contributed by atoms with E-state index in [1.807, 2.05) is 0 Å². The molecule has 80 valence electrons. The van der Waals surface area contributed by atoms with Crippen molar-refractivity contribution in [2.45, 2.75) is 25.7 Å². The Balaban J connectivity index is 2.24. The predicted molar refractivity (Wildman–Crippen MR) is 58.8 cm³/mol. The largest absolute Gasteiger partial charge is 0.378 e. The Morgan fingerprint density at radius 1 is 1.14 bits per heavy atom. The van der Waals surface area contributed by atoms with Crippen molar-refractivity contribution in [3.8, 4) is 0 Å². The summed E-state index contributed by atoms with van der Waals surface area (Å²) in [6.07, 6.45) is 5.17. The van der Waals surface area contributed by atoms with Crippen molar-refractivity contribution in [1.82, 2.24) is 15.1 Å². The number of nitrogens with one attached hydrogen (secondary N) is 1. The minimum Gasteiger partial charge on any atom is -0.378 e. The summed E-state index contributed by atoms with van der Waals surface area (Å²) in [5, 5.41) is 3.56. The normalized spacial score (nSPS) is 22.6. The van der Waals surface area contributed by atoms with E-state index in [0.717, 1.165) is 6.54 Å². The van der Waals surface area contributed by atoms with Crippen LogP contribution >= 0.6 is 0 Å². The zero-order chi connectivity index (χ0) is 9.97. The molecule has 3 nitrogen and oxygen atoms in total. The molecule has 0 aromatic rings. The summed E-state index contributed by atoms with van der Waals surface area (Å²) in [5.74, 6) is 1.40. The second-order valence-corrected chi connectivity index (χ2v) is 4.41. The molecule has 1 fully saturated rings. The quantitative estimate of drug-likeness (QED) is 0.678. The van der Waals surface area contributed by atoms with Crippen LogP contribution in [0.1, 0.15) is 25.7 Å². The average molecular weight is 195 g/mol. The van der Waals surface area contributed by atoms with Crippen molar-refractivity contribution in [2.75, 3.05) is 33.7 Å². The van der Waals surface area contributed by atoms with Gasteiger partial charge in [-0.1, -0.05) is 0 Å². The summed E-state index contributed by atoms with van der Waals surface area (Å²) in [5.41, 5.74) is 1.49. The van der Waals surface area contributed by atoms with Gasteiger partial charge < -0.3 is 15.1 Å². The number of hydrogen-bond acceptors (Lipinski definition) is 3. The highest BCUT2D eigenvalue weighted by molar-refractivity contribution is 5.13. The molecule has 0 atom stereocenters. The van der Waals surface area contributed by atoms with Crippen LogP contribution in [0.15, 0.2) is 11.5 Å². The molecule has 2 aliphatic rings. The molecule has 0 saturated carbocycles. The topological polar surface area (TPSA) is 18.5 Å². The van der Waals surface area contributed by atoms with E-state index >= 15 is 0 Å². The number of hydrogen-bond donors (Lipinski definition) is 1. The summed E-state index contributed by atoms with van der Waals surface area (Å²) < 4.78 is 0. The van der Waals surface area contributed by atoms with Crippen LogP contribution in [0, 0.1) is 0 Å². The lowest BCUT2D eigenvalue weighted by atomic mass is 10.2. The summed E-state index contributed by atoms with van der Waals surface area (Å²) in [4.78, 5) is 4.79. The Morgan fingerprint density at radius 3 is 2.71 bits per heavy atom. The van der Waals surface area contributed by atoms with Crippen molar-refractivity contribution in [3.63, 3.8) is 0 Å². The predicted octanol–water partition coefficient (Wildman–Crippen LogP) is 1.20. The summed E-state index contributed by atoms with van der Waals surface area (Å²) in [7, 11) is 4.31. The fourth-order valence-electron chi connectivity index (χ4n) is 2.36. The molecule has 0 aromatic carbocycles. The maximum atomic E-state index is 3.56. The van der Waals surface area contributed by atoms with E-state index in [2.05, 4.69) is 29.2 Å². The lowest BCUT2D eigenvalue weighted by molar-refractivity contribution is 0.273. The Morgan fingerprint density at radius 2 is 1.93 bits per heavy atom. The van der Waals surface area contributed by atoms with Gasteiger partial charge >= 0.3 is 0 Å². The molecule has 3 heteroatoms. The molecule has 0 spiro atoms. The maximum Gasteiger partial charge on any atom is 0.121 e. The van der Waals surface area contributed by atoms with Gasteiger partial charge in [-0.2, -0.15) is 0 Å². The molecule has 1 N–H and O–H groups in total. The number of nitrogens with zero attached hydrogens (tertiary/aromatic N) is 2. The van der Waals surface area contributed by atoms with Gasteiger partial charge in [0.15, 0.2) is 0 Å². The monoisotopic (exact) mass is 195 g/mol. The van der Waals surface area contributed by atoms with E-state index in [1.54, 1.807) is 0 Å². The second kappa shape index (κ2) is 4.11. The third-order valence-corrected chi connectivity index (χ3v) is 3.12. The highest BCUT2D eigenvalue weighted by Gasteiger charge is 2.21. The Labute approximate surface area is 86.8 Å². The maximum absolute atomic E-state index is 3.56. The average Bonchev–Trinajstić information content (AvgIpc) is 2.39. The molecule has 2 aliphatic heterocycles. The van der Waals surface area contributed by atoms with Gasteiger partial charge in [0.25, 0.3) is 0 Å². The number of rotatable bonds is 1. The van der Waals surface area contributed by atoms with Gasteiger partial charge in [-0.05, 0) is 25.7 Å². The molecule has 2 heterocycles. The van der Waals surface area contributed by atoms with Crippen LogP contribution in [0.3, 0.4) is 0 Å². The zero-order valence-corrected chi connectivity index (χ0v) is 9.34. The van der Waals surface area contributed by atoms with E-state index < -0.39 is 0 Å². The summed E-state index contributed by atoms with van der Waals surface area (Å²) in [6.45, 7) is 3.61. The van der Waals surface area contributed by atoms with Crippen molar-refractivity contribution in [1.29, 1.82) is 0 Å². The molecule has 2 rings (SSSR count). The third kappa shape index (κ3) is 1.81. The first-order valence-corrected chi connectivity index (χ1v) is 5.68. The van der Waals surface area contributed by atoms with Crippen LogP contribution in [0.5, 0.6) is 0 Å². The van der Waals surface area contributed by atoms with Crippen LogP contribution in [-0.2, 0) is 0 Å². The molecule has 0 radical (unpaired) electrons. The lowest BCUT2D eigenvalue weighted by Gasteiger charge is -2.34. The molecule has 0 unspecified atom stereocenters. The Kier molecular flexibility index (Phi) is 2.85. The molecular weight excluding hydrogens is 174 g/mol. The van der Waals surface area contributed by atoms with Crippen LogP contribution in [-0.4, -0.2) is 43.5 Å². The first kappa shape index (κ1) is 9.69. The van der Waals surface area contributed by atoms with Crippen LogP contribution in [0.25, 0.3) is 0 Å². The minimum absolute atomic E-state index is 1.14. The Hall–Kier alpha value is -0.860. The van der Waals surface area contributed by atoms with Crippen molar-refractivity contribution in [3.05, 3.63) is 11.5 Å². The molecule has 0 aliphatic carbocycles. The minimum atomic E-state index is 1.14. The summed E-state index contributed by atoms with van der Waals surface area (Å²) >= 11 is 0. The zero-order valence-electron chi connectivity index (χ0n) is 9.34. The summed E-state index contributed by atoms with van der Waals surface area (Å²) in [6, 6.07) is 0. The third-order valence-electron chi connectivity index (χ3n) is 3.12. The fourth-order valence-corrected chi connectivity index (χ4v) is 2.36. The highest BCUT2D eigenvalue weighted by atomic mass is 15.3.